The van der Waals surface area contributed by atoms with Crippen LogP contribution in [0.25, 0.3) is 11.1 Å². The summed E-state index contributed by atoms with van der Waals surface area (Å²) in [6, 6.07) is 14.5. The van der Waals surface area contributed by atoms with Crippen LogP contribution in [0.15, 0.2) is 65.6 Å². The van der Waals surface area contributed by atoms with E-state index in [0.29, 0.717) is 11.1 Å². The van der Waals surface area contributed by atoms with Gasteiger partial charge in [0.25, 0.3) is 0 Å². The van der Waals surface area contributed by atoms with Gasteiger partial charge in [0.05, 0.1) is 22.7 Å². The molecule has 0 aromatic heterocycles. The molecule has 0 bridgehead atoms. The highest BCUT2D eigenvalue weighted by Crippen LogP contribution is 2.47. The molecule has 0 spiro atoms. The molecule has 3 aromatic carbocycles. The van der Waals surface area contributed by atoms with Crippen LogP contribution in [0.2, 0.25) is 0 Å². The summed E-state index contributed by atoms with van der Waals surface area (Å²) < 4.78 is 54.3. The van der Waals surface area contributed by atoms with Crippen molar-refractivity contribution >= 4 is 16.7 Å². The lowest BCUT2D eigenvalue weighted by molar-refractivity contribution is -0.137. The molecule has 4 nitrogen and oxygen atoms in total. The van der Waals surface area contributed by atoms with E-state index in [1.54, 1.807) is 24.3 Å². The quantitative estimate of drug-likeness (QED) is 0.601. The normalized spacial score (nSPS) is 15.8. The Morgan fingerprint density at radius 3 is 2.25 bits per heavy atom. The predicted octanol–water partition coefficient (Wildman–Crippen LogP) is 4.83. The number of rotatable bonds is 2. The monoisotopic (exact) mass is 405 g/mol. The molecule has 1 unspecified atom stereocenters. The minimum absolute atomic E-state index is 0.114. The average molecular weight is 405 g/mol. The van der Waals surface area contributed by atoms with Crippen LogP contribution in [0.1, 0.15) is 11.1 Å². The standard InChI is InChI=1S/C20H14F3NO3S/c21-20(22,23)13-6-7-14-15-9-17(25)18(26)10-19(15)28(27)24(16(14)8-13)11-12-4-2-1-3-5-12/h1-10,25-26H,11H2. The van der Waals surface area contributed by atoms with Gasteiger partial charge in [0.2, 0.25) is 0 Å². The molecular formula is C20H14F3NO3S. The number of nitrogens with zero attached hydrogens (tertiary/aromatic N) is 1. The van der Waals surface area contributed by atoms with Crippen molar-refractivity contribution in [3.8, 4) is 22.6 Å². The Morgan fingerprint density at radius 1 is 0.893 bits per heavy atom. The van der Waals surface area contributed by atoms with Crippen molar-refractivity contribution in [2.75, 3.05) is 4.31 Å². The molecule has 1 aliphatic rings. The van der Waals surface area contributed by atoms with E-state index in [9.17, 15) is 27.6 Å². The summed E-state index contributed by atoms with van der Waals surface area (Å²) in [6.45, 7) is 0.114. The summed E-state index contributed by atoms with van der Waals surface area (Å²) in [4.78, 5) is 0.221. The van der Waals surface area contributed by atoms with Gasteiger partial charge in [-0.3, -0.25) is 4.31 Å². The number of hydrogen-bond acceptors (Lipinski definition) is 3. The third kappa shape index (κ3) is 3.09. The number of phenolic OH excluding ortho intramolecular Hbond substituents is 2. The van der Waals surface area contributed by atoms with Crippen LogP contribution in [0.5, 0.6) is 11.5 Å². The van der Waals surface area contributed by atoms with Gasteiger partial charge in [-0.2, -0.15) is 13.2 Å². The van der Waals surface area contributed by atoms with E-state index in [4.69, 9.17) is 0 Å². The molecule has 3 aromatic rings. The molecule has 28 heavy (non-hydrogen) atoms. The van der Waals surface area contributed by atoms with Crippen molar-refractivity contribution in [2.24, 2.45) is 0 Å². The Kier molecular flexibility index (Phi) is 4.30. The summed E-state index contributed by atoms with van der Waals surface area (Å²) in [5, 5.41) is 19.6. The number of halogens is 3. The number of hydrogen-bond donors (Lipinski definition) is 2. The molecule has 0 saturated carbocycles. The molecule has 0 fully saturated rings. The molecule has 0 saturated heterocycles. The van der Waals surface area contributed by atoms with E-state index in [1.165, 1.54) is 22.5 Å². The number of phenols is 2. The Labute approximate surface area is 161 Å². The second-order valence-electron chi connectivity index (χ2n) is 6.34. The largest absolute Gasteiger partial charge is 0.504 e. The first-order valence-corrected chi connectivity index (χ1v) is 9.37. The topological polar surface area (TPSA) is 60.8 Å². The van der Waals surface area contributed by atoms with Gasteiger partial charge in [-0.1, -0.05) is 36.4 Å². The first-order chi connectivity index (χ1) is 13.3. The lowest BCUT2D eigenvalue weighted by Gasteiger charge is -2.32. The Bertz CT molecular complexity index is 1080. The number of aromatic hydroxyl groups is 2. The summed E-state index contributed by atoms with van der Waals surface area (Å²) in [6.07, 6.45) is -4.55. The fraction of sp³-hybridized carbons (Fsp3) is 0.100. The van der Waals surface area contributed by atoms with E-state index in [0.717, 1.165) is 17.7 Å². The van der Waals surface area contributed by atoms with Gasteiger partial charge in [0.15, 0.2) is 22.5 Å². The molecule has 144 valence electrons. The summed E-state index contributed by atoms with van der Waals surface area (Å²) in [7, 11) is -1.87. The van der Waals surface area contributed by atoms with E-state index in [1.807, 2.05) is 6.07 Å². The van der Waals surface area contributed by atoms with Gasteiger partial charge >= 0.3 is 6.18 Å². The van der Waals surface area contributed by atoms with Crippen LogP contribution in [0.4, 0.5) is 18.9 Å². The maximum atomic E-state index is 13.3. The highest BCUT2D eigenvalue weighted by atomic mass is 32.2. The SMILES string of the molecule is O=S1c2cc(O)c(O)cc2-c2ccc(C(F)(F)F)cc2N1Cc1ccccc1. The van der Waals surface area contributed by atoms with Gasteiger partial charge in [-0.05, 0) is 23.8 Å². The zero-order chi connectivity index (χ0) is 20.1. The van der Waals surface area contributed by atoms with Crippen LogP contribution >= 0.6 is 0 Å². The second-order valence-corrected chi connectivity index (χ2v) is 7.72. The van der Waals surface area contributed by atoms with Crippen molar-refractivity contribution in [3.63, 3.8) is 0 Å². The fourth-order valence-electron chi connectivity index (χ4n) is 3.16. The lowest BCUT2D eigenvalue weighted by Crippen LogP contribution is -2.29. The summed E-state index contributed by atoms with van der Waals surface area (Å²) >= 11 is 0. The Hall–Kier alpha value is -3.00. The maximum absolute atomic E-state index is 13.3. The molecule has 1 atom stereocenters. The van der Waals surface area contributed by atoms with Crippen molar-refractivity contribution < 1.29 is 27.6 Å². The predicted molar refractivity (Wildman–Crippen MR) is 99.2 cm³/mol. The van der Waals surface area contributed by atoms with Crippen molar-refractivity contribution in [1.29, 1.82) is 0 Å². The van der Waals surface area contributed by atoms with Crippen LogP contribution in [-0.2, 0) is 23.7 Å². The maximum Gasteiger partial charge on any atom is 0.416 e. The Balaban J connectivity index is 1.93. The minimum atomic E-state index is -4.55. The van der Waals surface area contributed by atoms with Crippen molar-refractivity contribution in [1.82, 2.24) is 0 Å². The van der Waals surface area contributed by atoms with Crippen LogP contribution in [0, 0.1) is 0 Å². The van der Waals surface area contributed by atoms with Crippen molar-refractivity contribution in [3.05, 3.63) is 71.8 Å². The van der Waals surface area contributed by atoms with E-state index >= 15 is 0 Å². The molecular weight excluding hydrogens is 391 g/mol. The minimum Gasteiger partial charge on any atom is -0.504 e. The zero-order valence-electron chi connectivity index (χ0n) is 14.3. The first-order valence-electron chi connectivity index (χ1n) is 8.26. The molecule has 0 aliphatic carbocycles. The third-order valence-corrected chi connectivity index (χ3v) is 5.96. The molecule has 8 heteroatoms. The van der Waals surface area contributed by atoms with Crippen LogP contribution in [-0.4, -0.2) is 14.4 Å². The molecule has 2 N–H and O–H groups in total. The van der Waals surface area contributed by atoms with Crippen molar-refractivity contribution in [2.45, 2.75) is 17.6 Å². The highest BCUT2D eigenvalue weighted by molar-refractivity contribution is 7.86. The molecule has 0 amide bonds. The van der Waals surface area contributed by atoms with E-state index in [-0.39, 0.29) is 17.1 Å². The van der Waals surface area contributed by atoms with Gasteiger partial charge < -0.3 is 10.2 Å². The number of alkyl halides is 3. The summed E-state index contributed by atoms with van der Waals surface area (Å²) in [5.74, 6) is -0.875. The summed E-state index contributed by atoms with van der Waals surface area (Å²) in [5.41, 5.74) is 0.781. The molecule has 1 heterocycles. The smallest absolute Gasteiger partial charge is 0.416 e. The van der Waals surface area contributed by atoms with Gasteiger partial charge in [-0.25, -0.2) is 4.21 Å². The van der Waals surface area contributed by atoms with E-state index in [2.05, 4.69) is 0 Å². The zero-order valence-corrected chi connectivity index (χ0v) is 15.1. The van der Waals surface area contributed by atoms with E-state index < -0.39 is 34.2 Å². The number of fused-ring (bicyclic) bond motifs is 3. The van der Waals surface area contributed by atoms with Gasteiger partial charge in [0.1, 0.15) is 0 Å². The number of anilines is 1. The Morgan fingerprint density at radius 2 is 1.57 bits per heavy atom. The molecule has 4 rings (SSSR count). The van der Waals surface area contributed by atoms with Crippen LogP contribution in [0.3, 0.4) is 0 Å². The highest BCUT2D eigenvalue weighted by Gasteiger charge is 2.35. The van der Waals surface area contributed by atoms with Gasteiger partial charge in [-0.15, -0.1) is 0 Å². The lowest BCUT2D eigenvalue weighted by atomic mass is 10.00. The number of benzene rings is 3. The molecule has 0 radical (unpaired) electrons. The van der Waals surface area contributed by atoms with Crippen LogP contribution < -0.4 is 4.31 Å². The second kappa shape index (κ2) is 6.56. The third-order valence-electron chi connectivity index (χ3n) is 4.52. The fourth-order valence-corrected chi connectivity index (χ4v) is 4.56. The van der Waals surface area contributed by atoms with Gasteiger partial charge in [0, 0.05) is 17.2 Å². The first kappa shape index (κ1) is 18.4. The molecule has 1 aliphatic heterocycles. The average Bonchev–Trinajstić information content (AvgIpc) is 2.66.